The number of carbonyl (C=O) groups excluding carboxylic acids is 2. The first-order valence-electron chi connectivity index (χ1n) is 8.35. The van der Waals surface area contributed by atoms with Gasteiger partial charge >= 0.3 is 0 Å². The highest BCUT2D eigenvalue weighted by atomic mass is 16.5. The first-order valence-corrected chi connectivity index (χ1v) is 8.35. The minimum absolute atomic E-state index is 0.0809. The van der Waals surface area contributed by atoms with Crippen LogP contribution in [0, 0.1) is 6.92 Å². The first-order chi connectivity index (χ1) is 12.1. The van der Waals surface area contributed by atoms with Crippen LogP contribution in [0.1, 0.15) is 41.6 Å². The molecule has 2 N–H and O–H groups in total. The zero-order valence-corrected chi connectivity index (χ0v) is 14.3. The summed E-state index contributed by atoms with van der Waals surface area (Å²) in [7, 11) is 0. The number of hydrogen-bond donors (Lipinski definition) is 2. The van der Waals surface area contributed by atoms with Crippen LogP contribution in [-0.4, -0.2) is 28.3 Å². The fraction of sp³-hybridized carbons (Fsp3) is 0.316. The molecule has 132 valence electrons. The van der Waals surface area contributed by atoms with Gasteiger partial charge in [-0.2, -0.15) is 9.72 Å². The number of unbranched alkanes of at least 4 members (excludes halogenated alkanes) is 2. The number of carbonyl (C=O) groups is 2. The van der Waals surface area contributed by atoms with Crippen molar-refractivity contribution < 1.29 is 14.8 Å². The molecule has 1 heterocycles. The molecule has 0 aliphatic heterocycles. The molecular formula is C19H23N3O3. The Morgan fingerprint density at radius 1 is 1.08 bits per heavy atom. The predicted octanol–water partition coefficient (Wildman–Crippen LogP) is 2.45. The third-order valence-electron chi connectivity index (χ3n) is 3.72. The summed E-state index contributed by atoms with van der Waals surface area (Å²) in [5.74, 6) is -0.347. The summed E-state index contributed by atoms with van der Waals surface area (Å²) >= 11 is 0. The molecule has 25 heavy (non-hydrogen) atoms. The quantitative estimate of drug-likeness (QED) is 0.599. The lowest BCUT2D eigenvalue weighted by molar-refractivity contribution is -0.118. The van der Waals surface area contributed by atoms with Crippen LogP contribution in [0.25, 0.3) is 0 Å². The smallest absolute Gasteiger partial charge is 0.251 e. The second-order valence-corrected chi connectivity index (χ2v) is 5.84. The Morgan fingerprint density at radius 3 is 2.56 bits per heavy atom. The molecule has 0 fully saturated rings. The largest absolute Gasteiger partial charge is 0.427 e. The van der Waals surface area contributed by atoms with Gasteiger partial charge in [-0.1, -0.05) is 30.2 Å². The van der Waals surface area contributed by atoms with Gasteiger partial charge in [-0.25, -0.2) is 0 Å². The molecule has 0 saturated carbocycles. The van der Waals surface area contributed by atoms with E-state index in [-0.39, 0.29) is 17.3 Å². The van der Waals surface area contributed by atoms with E-state index < -0.39 is 0 Å². The molecule has 6 heteroatoms. The van der Waals surface area contributed by atoms with Crippen LogP contribution in [0.2, 0.25) is 0 Å². The van der Waals surface area contributed by atoms with E-state index in [1.807, 2.05) is 31.2 Å². The van der Waals surface area contributed by atoms with Gasteiger partial charge in [-0.05, 0) is 44.0 Å². The van der Waals surface area contributed by atoms with Gasteiger partial charge in [-0.15, -0.1) is 0 Å². The fourth-order valence-electron chi connectivity index (χ4n) is 2.28. The van der Waals surface area contributed by atoms with Gasteiger partial charge in [0.15, 0.2) is 5.49 Å². The van der Waals surface area contributed by atoms with Gasteiger partial charge in [-0.3, -0.25) is 9.59 Å². The summed E-state index contributed by atoms with van der Waals surface area (Å²) in [5, 5.41) is 12.4. The summed E-state index contributed by atoms with van der Waals surface area (Å²) in [6.07, 6.45) is 4.06. The third kappa shape index (κ3) is 6.25. The van der Waals surface area contributed by atoms with Gasteiger partial charge in [0, 0.05) is 24.7 Å². The molecule has 0 bridgehead atoms. The number of aromatic nitrogens is 1. The molecule has 0 atom stereocenters. The van der Waals surface area contributed by atoms with E-state index in [0.29, 0.717) is 24.9 Å². The van der Waals surface area contributed by atoms with Gasteiger partial charge in [0.1, 0.15) is 0 Å². The van der Waals surface area contributed by atoms with Crippen molar-refractivity contribution in [3.05, 3.63) is 65.3 Å². The molecule has 2 amide bonds. The van der Waals surface area contributed by atoms with Crippen LogP contribution >= 0.6 is 0 Å². The molecule has 2 rings (SSSR count). The Morgan fingerprint density at radius 2 is 1.84 bits per heavy atom. The molecular weight excluding hydrogens is 318 g/mol. The molecule has 1 aromatic heterocycles. The number of benzene rings is 1. The van der Waals surface area contributed by atoms with Gasteiger partial charge in [0.05, 0.1) is 0 Å². The van der Waals surface area contributed by atoms with Crippen molar-refractivity contribution in [3.8, 4) is 0 Å². The van der Waals surface area contributed by atoms with Gasteiger partial charge in [0.2, 0.25) is 5.91 Å². The first kappa shape index (κ1) is 18.4. The third-order valence-corrected chi connectivity index (χ3v) is 3.72. The van der Waals surface area contributed by atoms with E-state index >= 15 is 0 Å². The second-order valence-electron chi connectivity index (χ2n) is 5.84. The molecule has 0 aliphatic carbocycles. The minimum Gasteiger partial charge on any atom is -0.427 e. The van der Waals surface area contributed by atoms with Crippen LogP contribution in [-0.2, 0) is 4.79 Å². The van der Waals surface area contributed by atoms with Crippen LogP contribution < -0.4 is 10.8 Å². The minimum atomic E-state index is -0.266. The number of pyridine rings is 1. The maximum Gasteiger partial charge on any atom is 0.251 e. The average molecular weight is 341 g/mol. The lowest BCUT2D eigenvalue weighted by Gasteiger charge is -2.05. The highest BCUT2D eigenvalue weighted by Gasteiger charge is 2.04. The van der Waals surface area contributed by atoms with Crippen molar-refractivity contribution in [1.82, 2.24) is 10.0 Å². The normalized spacial score (nSPS) is 11.3. The van der Waals surface area contributed by atoms with Crippen molar-refractivity contribution in [2.75, 3.05) is 6.54 Å². The fourth-order valence-corrected chi connectivity index (χ4v) is 2.28. The molecule has 1 aromatic carbocycles. The molecule has 0 spiro atoms. The SMILES string of the molecule is Cc1ccc(C(=O)NCCCCCC(=O)N=c2ccccn2O)cc1. The highest BCUT2D eigenvalue weighted by molar-refractivity contribution is 5.94. The van der Waals surface area contributed by atoms with Crippen LogP contribution in [0.3, 0.4) is 0 Å². The molecule has 0 unspecified atom stereocenters. The van der Waals surface area contributed by atoms with Crippen molar-refractivity contribution in [3.63, 3.8) is 0 Å². The van der Waals surface area contributed by atoms with E-state index in [0.717, 1.165) is 23.1 Å². The van der Waals surface area contributed by atoms with E-state index in [9.17, 15) is 14.8 Å². The Balaban J connectivity index is 1.64. The van der Waals surface area contributed by atoms with Crippen molar-refractivity contribution >= 4 is 11.8 Å². The molecule has 2 aromatic rings. The van der Waals surface area contributed by atoms with Crippen molar-refractivity contribution in [2.24, 2.45) is 4.99 Å². The topological polar surface area (TPSA) is 83.7 Å². The van der Waals surface area contributed by atoms with Gasteiger partial charge in [0.25, 0.3) is 5.91 Å². The summed E-state index contributed by atoms with van der Waals surface area (Å²) < 4.78 is 0.818. The zero-order valence-electron chi connectivity index (χ0n) is 14.3. The highest BCUT2D eigenvalue weighted by Crippen LogP contribution is 2.04. The average Bonchev–Trinajstić information content (AvgIpc) is 2.60. The monoisotopic (exact) mass is 341 g/mol. The lowest BCUT2D eigenvalue weighted by atomic mass is 10.1. The lowest BCUT2D eigenvalue weighted by Crippen LogP contribution is -2.24. The van der Waals surface area contributed by atoms with Crippen LogP contribution in [0.15, 0.2) is 53.7 Å². The Bertz CT molecular complexity index is 779. The summed E-state index contributed by atoms with van der Waals surface area (Å²) in [6, 6.07) is 12.4. The van der Waals surface area contributed by atoms with E-state index in [2.05, 4.69) is 10.3 Å². The summed E-state index contributed by atoms with van der Waals surface area (Å²) in [4.78, 5) is 27.5. The molecule has 0 radical (unpaired) electrons. The number of nitrogens with one attached hydrogen (secondary N) is 1. The Kier molecular flexibility index (Phi) is 6.95. The number of rotatable bonds is 7. The Hall–Kier alpha value is -2.89. The van der Waals surface area contributed by atoms with Crippen LogP contribution in [0.4, 0.5) is 0 Å². The maximum atomic E-state index is 11.9. The number of amides is 2. The standard InChI is InChI=1S/C19H23N3O3/c1-15-9-11-16(12-10-15)19(24)20-13-5-2-3-8-18(23)21-17-7-4-6-14-22(17)25/h4,6-7,9-12,14,25H,2-3,5,8,13H2,1H3,(H,20,24). The molecule has 6 nitrogen and oxygen atoms in total. The summed E-state index contributed by atoms with van der Waals surface area (Å²) in [5.41, 5.74) is 1.99. The van der Waals surface area contributed by atoms with E-state index in [1.165, 1.54) is 6.20 Å². The molecule has 0 saturated heterocycles. The second kappa shape index (κ2) is 9.42. The number of hydrogen-bond acceptors (Lipinski definition) is 3. The number of aryl methyl sites for hydroxylation is 1. The van der Waals surface area contributed by atoms with E-state index in [1.54, 1.807) is 18.2 Å². The van der Waals surface area contributed by atoms with Gasteiger partial charge < -0.3 is 10.5 Å². The van der Waals surface area contributed by atoms with Crippen molar-refractivity contribution in [1.29, 1.82) is 0 Å². The molecule has 0 aliphatic rings. The van der Waals surface area contributed by atoms with E-state index in [4.69, 9.17) is 0 Å². The predicted molar refractivity (Wildman–Crippen MR) is 94.2 cm³/mol. The Labute approximate surface area is 146 Å². The van der Waals surface area contributed by atoms with Crippen molar-refractivity contribution in [2.45, 2.75) is 32.6 Å². The summed E-state index contributed by atoms with van der Waals surface area (Å²) in [6.45, 7) is 2.56. The van der Waals surface area contributed by atoms with Crippen LogP contribution in [0.5, 0.6) is 0 Å². The maximum absolute atomic E-state index is 11.9. The zero-order chi connectivity index (χ0) is 18.1. The number of nitrogens with zero attached hydrogens (tertiary/aromatic N) is 2.